The SMILES string of the molecule is CC(C)CC1(C(=O)Nc2ccc(CCO)cc2)CCCC1. The van der Waals surface area contributed by atoms with E-state index in [4.69, 9.17) is 5.11 Å². The highest BCUT2D eigenvalue weighted by Crippen LogP contribution is 2.44. The average Bonchev–Trinajstić information content (AvgIpc) is 2.90. The Kier molecular flexibility index (Phi) is 5.40. The highest BCUT2D eigenvalue weighted by atomic mass is 16.2. The molecule has 1 aliphatic carbocycles. The van der Waals surface area contributed by atoms with Crippen molar-refractivity contribution in [1.82, 2.24) is 0 Å². The quantitative estimate of drug-likeness (QED) is 0.837. The third kappa shape index (κ3) is 4.07. The molecule has 0 radical (unpaired) electrons. The van der Waals surface area contributed by atoms with Crippen LogP contribution in [-0.2, 0) is 11.2 Å². The average molecular weight is 289 g/mol. The smallest absolute Gasteiger partial charge is 0.230 e. The van der Waals surface area contributed by atoms with Crippen molar-refractivity contribution in [2.24, 2.45) is 11.3 Å². The lowest BCUT2D eigenvalue weighted by atomic mass is 9.77. The molecule has 0 bridgehead atoms. The van der Waals surface area contributed by atoms with Gasteiger partial charge in [-0.2, -0.15) is 0 Å². The van der Waals surface area contributed by atoms with E-state index < -0.39 is 0 Å². The van der Waals surface area contributed by atoms with E-state index >= 15 is 0 Å². The van der Waals surface area contributed by atoms with Crippen molar-refractivity contribution in [3.63, 3.8) is 0 Å². The first-order valence-electron chi connectivity index (χ1n) is 8.07. The number of benzene rings is 1. The molecule has 2 N–H and O–H groups in total. The maximum atomic E-state index is 12.7. The second-order valence-electron chi connectivity index (χ2n) is 6.71. The Morgan fingerprint density at radius 3 is 2.38 bits per heavy atom. The zero-order valence-electron chi connectivity index (χ0n) is 13.2. The van der Waals surface area contributed by atoms with Gasteiger partial charge in [-0.05, 0) is 49.3 Å². The van der Waals surface area contributed by atoms with E-state index in [-0.39, 0.29) is 17.9 Å². The fourth-order valence-corrected chi connectivity index (χ4v) is 3.50. The molecular formula is C18H27NO2. The van der Waals surface area contributed by atoms with Gasteiger partial charge in [-0.25, -0.2) is 0 Å². The van der Waals surface area contributed by atoms with Crippen molar-refractivity contribution in [1.29, 1.82) is 0 Å². The Balaban J connectivity index is 2.04. The van der Waals surface area contributed by atoms with Crippen LogP contribution in [0.2, 0.25) is 0 Å². The van der Waals surface area contributed by atoms with E-state index in [9.17, 15) is 4.79 Å². The van der Waals surface area contributed by atoms with Gasteiger partial charge < -0.3 is 10.4 Å². The lowest BCUT2D eigenvalue weighted by Crippen LogP contribution is -2.35. The lowest BCUT2D eigenvalue weighted by molar-refractivity contribution is -0.126. The third-order valence-corrected chi connectivity index (χ3v) is 4.45. The van der Waals surface area contributed by atoms with Gasteiger partial charge in [0.1, 0.15) is 0 Å². The Bertz CT molecular complexity index is 459. The molecule has 1 aromatic carbocycles. The molecule has 21 heavy (non-hydrogen) atoms. The van der Waals surface area contributed by atoms with Crippen LogP contribution in [0.5, 0.6) is 0 Å². The van der Waals surface area contributed by atoms with E-state index in [1.165, 1.54) is 0 Å². The molecule has 3 nitrogen and oxygen atoms in total. The van der Waals surface area contributed by atoms with Gasteiger partial charge in [-0.15, -0.1) is 0 Å². The van der Waals surface area contributed by atoms with Crippen LogP contribution in [-0.4, -0.2) is 17.6 Å². The first kappa shape index (κ1) is 16.0. The van der Waals surface area contributed by atoms with Gasteiger partial charge in [0.05, 0.1) is 0 Å². The summed E-state index contributed by atoms with van der Waals surface area (Å²) >= 11 is 0. The van der Waals surface area contributed by atoms with Gasteiger partial charge >= 0.3 is 0 Å². The summed E-state index contributed by atoms with van der Waals surface area (Å²) in [5, 5.41) is 12.0. The number of rotatable bonds is 6. The third-order valence-electron chi connectivity index (χ3n) is 4.45. The van der Waals surface area contributed by atoms with Crippen molar-refractivity contribution < 1.29 is 9.90 Å². The number of aliphatic hydroxyl groups excluding tert-OH is 1. The minimum Gasteiger partial charge on any atom is -0.396 e. The van der Waals surface area contributed by atoms with Crippen LogP contribution in [0.1, 0.15) is 51.5 Å². The predicted octanol–water partition coefficient (Wildman–Crippen LogP) is 3.77. The molecular weight excluding hydrogens is 262 g/mol. The number of hydrogen-bond donors (Lipinski definition) is 2. The van der Waals surface area contributed by atoms with Crippen LogP contribution < -0.4 is 5.32 Å². The van der Waals surface area contributed by atoms with Gasteiger partial charge in [-0.3, -0.25) is 4.79 Å². The highest BCUT2D eigenvalue weighted by molar-refractivity contribution is 5.95. The molecule has 0 aliphatic heterocycles. The van der Waals surface area contributed by atoms with Crippen molar-refractivity contribution in [2.75, 3.05) is 11.9 Å². The van der Waals surface area contributed by atoms with Crippen LogP contribution in [0.3, 0.4) is 0 Å². The summed E-state index contributed by atoms with van der Waals surface area (Å²) in [5.41, 5.74) is 1.78. The molecule has 0 spiro atoms. The van der Waals surface area contributed by atoms with Crippen molar-refractivity contribution >= 4 is 11.6 Å². The molecule has 2 rings (SSSR count). The summed E-state index contributed by atoms with van der Waals surface area (Å²) in [7, 11) is 0. The second kappa shape index (κ2) is 7.08. The van der Waals surface area contributed by atoms with E-state index in [0.29, 0.717) is 12.3 Å². The first-order valence-corrected chi connectivity index (χ1v) is 8.07. The van der Waals surface area contributed by atoms with E-state index in [1.807, 2.05) is 24.3 Å². The summed E-state index contributed by atoms with van der Waals surface area (Å²) in [4.78, 5) is 12.7. The van der Waals surface area contributed by atoms with Crippen molar-refractivity contribution in [3.05, 3.63) is 29.8 Å². The molecule has 3 heteroatoms. The summed E-state index contributed by atoms with van der Waals surface area (Å²) in [5.74, 6) is 0.726. The Labute approximate surface area is 127 Å². The largest absolute Gasteiger partial charge is 0.396 e. The molecule has 0 atom stereocenters. The minimum absolute atomic E-state index is 0.156. The summed E-state index contributed by atoms with van der Waals surface area (Å²) in [6, 6.07) is 7.80. The number of amides is 1. The summed E-state index contributed by atoms with van der Waals surface area (Å²) < 4.78 is 0. The first-order chi connectivity index (χ1) is 10.1. The Morgan fingerprint density at radius 1 is 1.24 bits per heavy atom. The van der Waals surface area contributed by atoms with E-state index in [0.717, 1.165) is 43.4 Å². The summed E-state index contributed by atoms with van der Waals surface area (Å²) in [6.07, 6.45) is 5.98. The van der Waals surface area contributed by atoms with Gasteiger partial charge in [0.25, 0.3) is 0 Å². The van der Waals surface area contributed by atoms with Crippen LogP contribution >= 0.6 is 0 Å². The number of carbonyl (C=O) groups excluding carboxylic acids is 1. The normalized spacial score (nSPS) is 17.1. The molecule has 1 amide bonds. The van der Waals surface area contributed by atoms with E-state index in [2.05, 4.69) is 19.2 Å². The van der Waals surface area contributed by atoms with Gasteiger partial charge in [0, 0.05) is 17.7 Å². The fraction of sp³-hybridized carbons (Fsp3) is 0.611. The van der Waals surface area contributed by atoms with Crippen LogP contribution in [0.15, 0.2) is 24.3 Å². The van der Waals surface area contributed by atoms with Crippen LogP contribution in [0.25, 0.3) is 0 Å². The maximum absolute atomic E-state index is 12.7. The van der Waals surface area contributed by atoms with Gasteiger partial charge in [0.15, 0.2) is 0 Å². The zero-order valence-corrected chi connectivity index (χ0v) is 13.2. The number of hydrogen-bond acceptors (Lipinski definition) is 2. The predicted molar refractivity (Wildman–Crippen MR) is 86.2 cm³/mol. The van der Waals surface area contributed by atoms with Crippen LogP contribution in [0, 0.1) is 11.3 Å². The molecule has 116 valence electrons. The number of aliphatic hydroxyl groups is 1. The fourth-order valence-electron chi connectivity index (χ4n) is 3.50. The molecule has 0 unspecified atom stereocenters. The maximum Gasteiger partial charge on any atom is 0.230 e. The van der Waals surface area contributed by atoms with Crippen LogP contribution in [0.4, 0.5) is 5.69 Å². The Morgan fingerprint density at radius 2 is 1.86 bits per heavy atom. The number of nitrogens with one attached hydrogen (secondary N) is 1. The second-order valence-corrected chi connectivity index (χ2v) is 6.71. The molecule has 0 aromatic heterocycles. The highest BCUT2D eigenvalue weighted by Gasteiger charge is 2.41. The molecule has 0 saturated heterocycles. The number of anilines is 1. The monoisotopic (exact) mass is 289 g/mol. The standard InChI is InChI=1S/C18H27NO2/c1-14(2)13-18(10-3-4-11-18)17(21)19-16-7-5-15(6-8-16)9-12-20/h5-8,14,20H,3-4,9-13H2,1-2H3,(H,19,21). The Hall–Kier alpha value is -1.35. The zero-order chi connectivity index (χ0) is 15.3. The summed E-state index contributed by atoms with van der Waals surface area (Å²) in [6.45, 7) is 4.54. The van der Waals surface area contributed by atoms with Crippen molar-refractivity contribution in [3.8, 4) is 0 Å². The molecule has 0 heterocycles. The molecule has 1 saturated carbocycles. The van der Waals surface area contributed by atoms with E-state index in [1.54, 1.807) is 0 Å². The minimum atomic E-state index is -0.169. The number of carbonyl (C=O) groups is 1. The van der Waals surface area contributed by atoms with Gasteiger partial charge in [0.2, 0.25) is 5.91 Å². The van der Waals surface area contributed by atoms with Gasteiger partial charge in [-0.1, -0.05) is 38.8 Å². The molecule has 1 aromatic rings. The molecule has 1 aliphatic rings. The molecule has 1 fully saturated rings. The lowest BCUT2D eigenvalue weighted by Gasteiger charge is -2.29. The topological polar surface area (TPSA) is 49.3 Å². The van der Waals surface area contributed by atoms with Crippen molar-refractivity contribution in [2.45, 2.75) is 52.4 Å².